The van der Waals surface area contributed by atoms with Crippen molar-refractivity contribution in [3.05, 3.63) is 27.1 Å². The van der Waals surface area contributed by atoms with E-state index in [2.05, 4.69) is 4.74 Å². The minimum absolute atomic E-state index is 0.0860. The molecule has 8 heteroatoms. The second kappa shape index (κ2) is 5.35. The molecule has 1 aliphatic heterocycles. The molecule has 2 heterocycles. The fourth-order valence-electron chi connectivity index (χ4n) is 2.07. The van der Waals surface area contributed by atoms with E-state index >= 15 is 0 Å². The third-order valence-corrected chi connectivity index (χ3v) is 3.99. The second-order valence-electron chi connectivity index (χ2n) is 4.07. The van der Waals surface area contributed by atoms with Gasteiger partial charge in [0.25, 0.3) is 5.91 Å². The molecular weight excluding hydrogens is 272 g/mol. The Kier molecular flexibility index (Phi) is 3.79. The summed E-state index contributed by atoms with van der Waals surface area (Å²) in [5, 5.41) is 10.5. The molecule has 0 spiro atoms. The molecule has 0 radical (unpaired) electrons. The maximum Gasteiger partial charge on any atom is 0.328 e. The molecule has 1 aromatic rings. The molecule has 1 amide bonds. The summed E-state index contributed by atoms with van der Waals surface area (Å²) in [5.41, 5.74) is 0. The molecule has 0 N–H and O–H groups in total. The van der Waals surface area contributed by atoms with Gasteiger partial charge in [0.1, 0.15) is 6.04 Å². The van der Waals surface area contributed by atoms with E-state index in [0.717, 1.165) is 17.8 Å². The molecule has 102 valence electrons. The first-order chi connectivity index (χ1) is 9.04. The lowest BCUT2D eigenvalue weighted by molar-refractivity contribution is -0.380. The standard InChI is InChI=1S/C11H12N2O5S/c1-18-11(15)7-3-2-6-12(7)10(14)8-4-5-9(19-8)13(16)17/h4-5,7H,2-3,6H2,1H3/t7-/m0/s1. The molecule has 1 fully saturated rings. The Labute approximate surface area is 112 Å². The average Bonchev–Trinajstić information content (AvgIpc) is 3.05. The molecule has 2 rings (SSSR count). The van der Waals surface area contributed by atoms with Gasteiger partial charge in [0.05, 0.1) is 16.9 Å². The van der Waals surface area contributed by atoms with Gasteiger partial charge in [0, 0.05) is 12.6 Å². The van der Waals surface area contributed by atoms with E-state index in [-0.39, 0.29) is 15.8 Å². The molecule has 0 saturated carbocycles. The number of hydrogen-bond donors (Lipinski definition) is 0. The number of amides is 1. The van der Waals surface area contributed by atoms with Crippen LogP contribution in [0, 0.1) is 10.1 Å². The number of methoxy groups -OCH3 is 1. The molecule has 0 unspecified atom stereocenters. The number of likely N-dealkylation sites (tertiary alicyclic amines) is 1. The van der Waals surface area contributed by atoms with Crippen LogP contribution >= 0.6 is 11.3 Å². The van der Waals surface area contributed by atoms with E-state index in [1.165, 1.54) is 24.1 Å². The summed E-state index contributed by atoms with van der Waals surface area (Å²) in [6.45, 7) is 0.463. The van der Waals surface area contributed by atoms with Crippen molar-refractivity contribution in [1.82, 2.24) is 4.90 Å². The van der Waals surface area contributed by atoms with Crippen LogP contribution in [0.1, 0.15) is 22.5 Å². The summed E-state index contributed by atoms with van der Waals surface area (Å²) in [4.78, 5) is 35.5. The zero-order valence-electron chi connectivity index (χ0n) is 10.2. The van der Waals surface area contributed by atoms with Gasteiger partial charge in [-0.1, -0.05) is 11.3 Å². The molecule has 0 aromatic carbocycles. The maximum absolute atomic E-state index is 12.2. The zero-order chi connectivity index (χ0) is 14.0. The summed E-state index contributed by atoms with van der Waals surface area (Å²) in [6, 6.07) is 2.12. The number of rotatable bonds is 3. The molecule has 1 atom stereocenters. The Morgan fingerprint density at radius 2 is 2.26 bits per heavy atom. The van der Waals surface area contributed by atoms with Gasteiger partial charge in [-0.2, -0.15) is 0 Å². The summed E-state index contributed by atoms with van der Waals surface area (Å²) < 4.78 is 4.66. The van der Waals surface area contributed by atoms with Crippen molar-refractivity contribution in [2.75, 3.05) is 13.7 Å². The van der Waals surface area contributed by atoms with Gasteiger partial charge >= 0.3 is 11.0 Å². The Morgan fingerprint density at radius 1 is 1.53 bits per heavy atom. The fraction of sp³-hybridized carbons (Fsp3) is 0.455. The van der Waals surface area contributed by atoms with Crippen LogP contribution in [0.5, 0.6) is 0 Å². The van der Waals surface area contributed by atoms with Gasteiger partial charge in [-0.15, -0.1) is 0 Å². The predicted molar refractivity (Wildman–Crippen MR) is 67.0 cm³/mol. The molecule has 1 aliphatic rings. The fourth-order valence-corrected chi connectivity index (χ4v) is 2.85. The number of hydrogen-bond acceptors (Lipinski definition) is 6. The smallest absolute Gasteiger partial charge is 0.328 e. The number of carbonyl (C=O) groups is 2. The number of nitrogens with zero attached hydrogens (tertiary/aromatic N) is 2. The zero-order valence-corrected chi connectivity index (χ0v) is 11.0. The Hall–Kier alpha value is -1.96. The van der Waals surface area contributed by atoms with Crippen molar-refractivity contribution in [2.45, 2.75) is 18.9 Å². The number of ether oxygens (including phenoxy) is 1. The average molecular weight is 284 g/mol. The molecule has 0 aliphatic carbocycles. The van der Waals surface area contributed by atoms with Crippen molar-refractivity contribution >= 4 is 28.2 Å². The summed E-state index contributed by atoms with van der Waals surface area (Å²) in [6.07, 6.45) is 1.28. The topological polar surface area (TPSA) is 89.8 Å². The van der Waals surface area contributed by atoms with E-state index < -0.39 is 16.9 Å². The van der Waals surface area contributed by atoms with Crippen LogP contribution in [0.2, 0.25) is 0 Å². The Bertz CT molecular complexity index is 527. The predicted octanol–water partition coefficient (Wildman–Crippen LogP) is 1.43. The van der Waals surface area contributed by atoms with Crippen molar-refractivity contribution in [1.29, 1.82) is 0 Å². The van der Waals surface area contributed by atoms with Crippen LogP contribution in [-0.2, 0) is 9.53 Å². The van der Waals surface area contributed by atoms with Crippen molar-refractivity contribution in [3.63, 3.8) is 0 Å². The highest BCUT2D eigenvalue weighted by molar-refractivity contribution is 7.17. The monoisotopic (exact) mass is 284 g/mol. The number of thiophene rings is 1. The van der Waals surface area contributed by atoms with Gasteiger partial charge in [-0.25, -0.2) is 4.79 Å². The quantitative estimate of drug-likeness (QED) is 0.476. The second-order valence-corrected chi connectivity index (χ2v) is 5.14. The van der Waals surface area contributed by atoms with E-state index in [9.17, 15) is 19.7 Å². The van der Waals surface area contributed by atoms with Crippen LogP contribution in [0.3, 0.4) is 0 Å². The van der Waals surface area contributed by atoms with Gasteiger partial charge < -0.3 is 9.64 Å². The SMILES string of the molecule is COC(=O)[C@@H]1CCCN1C(=O)c1ccc([N+](=O)[O-])s1. The van der Waals surface area contributed by atoms with Crippen LogP contribution in [0.4, 0.5) is 5.00 Å². The first-order valence-corrected chi connectivity index (χ1v) is 6.49. The van der Waals surface area contributed by atoms with E-state index in [1.807, 2.05) is 0 Å². The largest absolute Gasteiger partial charge is 0.467 e. The number of esters is 1. The normalized spacial score (nSPS) is 18.4. The third-order valence-electron chi connectivity index (χ3n) is 2.97. The summed E-state index contributed by atoms with van der Waals surface area (Å²) in [7, 11) is 1.28. The maximum atomic E-state index is 12.2. The van der Waals surface area contributed by atoms with Crippen LogP contribution in [0.15, 0.2) is 12.1 Å². The molecule has 1 aromatic heterocycles. The third kappa shape index (κ3) is 2.58. The van der Waals surface area contributed by atoms with Crippen LogP contribution in [0.25, 0.3) is 0 Å². The van der Waals surface area contributed by atoms with Crippen molar-refractivity contribution in [3.8, 4) is 0 Å². The highest BCUT2D eigenvalue weighted by atomic mass is 32.1. The lowest BCUT2D eigenvalue weighted by Crippen LogP contribution is -2.40. The lowest BCUT2D eigenvalue weighted by atomic mass is 10.2. The number of nitro groups is 1. The Morgan fingerprint density at radius 3 is 2.84 bits per heavy atom. The minimum atomic E-state index is -0.585. The summed E-state index contributed by atoms with van der Waals surface area (Å²) in [5.74, 6) is -0.803. The van der Waals surface area contributed by atoms with Crippen LogP contribution < -0.4 is 0 Å². The highest BCUT2D eigenvalue weighted by Gasteiger charge is 2.36. The van der Waals surface area contributed by atoms with E-state index in [0.29, 0.717) is 13.0 Å². The van der Waals surface area contributed by atoms with Crippen molar-refractivity contribution in [2.24, 2.45) is 0 Å². The van der Waals surface area contributed by atoms with Crippen molar-refractivity contribution < 1.29 is 19.2 Å². The molecular formula is C11H12N2O5S. The lowest BCUT2D eigenvalue weighted by Gasteiger charge is -2.21. The van der Waals surface area contributed by atoms with Gasteiger partial charge in [0.15, 0.2) is 0 Å². The molecule has 0 bridgehead atoms. The van der Waals surface area contributed by atoms with Crippen LogP contribution in [-0.4, -0.2) is 41.4 Å². The van der Waals surface area contributed by atoms with Gasteiger partial charge in [0.2, 0.25) is 0 Å². The first-order valence-electron chi connectivity index (χ1n) is 5.67. The molecule has 7 nitrogen and oxygen atoms in total. The van der Waals surface area contributed by atoms with E-state index in [4.69, 9.17) is 0 Å². The van der Waals surface area contributed by atoms with Gasteiger partial charge in [-0.3, -0.25) is 14.9 Å². The molecule has 19 heavy (non-hydrogen) atoms. The minimum Gasteiger partial charge on any atom is -0.467 e. The first kappa shape index (κ1) is 13.5. The van der Waals surface area contributed by atoms with E-state index in [1.54, 1.807) is 0 Å². The van der Waals surface area contributed by atoms with Gasteiger partial charge in [-0.05, 0) is 18.9 Å². The number of carbonyl (C=O) groups excluding carboxylic acids is 2. The Balaban J connectivity index is 2.18. The molecule has 1 saturated heterocycles. The summed E-state index contributed by atoms with van der Waals surface area (Å²) >= 11 is 0.815. The highest BCUT2D eigenvalue weighted by Crippen LogP contribution is 2.28.